The summed E-state index contributed by atoms with van der Waals surface area (Å²) in [5, 5.41) is 6.51. The van der Waals surface area contributed by atoms with Gasteiger partial charge in [0.1, 0.15) is 10.3 Å². The molecule has 0 aromatic carbocycles. The van der Waals surface area contributed by atoms with Crippen molar-refractivity contribution in [1.82, 2.24) is 19.7 Å². The topological polar surface area (TPSA) is 54.2 Å². The van der Waals surface area contributed by atoms with Crippen LogP contribution in [0.4, 0.5) is 5.82 Å². The van der Waals surface area contributed by atoms with Crippen molar-refractivity contribution in [3.63, 3.8) is 0 Å². The van der Waals surface area contributed by atoms with Crippen LogP contribution in [0, 0.1) is 6.92 Å². The molecular formula is C15H17N5S. The van der Waals surface area contributed by atoms with E-state index < -0.39 is 0 Å². The molecule has 6 heteroatoms. The van der Waals surface area contributed by atoms with Crippen molar-refractivity contribution in [2.24, 2.45) is 0 Å². The number of hydrogen-bond acceptors (Lipinski definition) is 5. The highest BCUT2D eigenvalue weighted by Gasteiger charge is 2.16. The van der Waals surface area contributed by atoms with Gasteiger partial charge in [-0.1, -0.05) is 6.08 Å². The molecule has 5 nitrogen and oxygen atoms in total. The minimum atomic E-state index is 0.833. The maximum absolute atomic E-state index is 4.72. The number of nitrogens with one attached hydrogen (secondary N) is 2. The lowest BCUT2D eigenvalue weighted by Gasteiger charge is -2.11. The Hall–Kier alpha value is -1.92. The highest BCUT2D eigenvalue weighted by molar-refractivity contribution is 7.19. The fourth-order valence-electron chi connectivity index (χ4n) is 2.82. The summed E-state index contributed by atoms with van der Waals surface area (Å²) in [6.45, 7) is 4.09. The lowest BCUT2D eigenvalue weighted by Crippen LogP contribution is -2.19. The number of thiophene rings is 1. The summed E-state index contributed by atoms with van der Waals surface area (Å²) in [7, 11) is 1.89. The summed E-state index contributed by atoms with van der Waals surface area (Å²) in [5.74, 6) is 0.833. The minimum absolute atomic E-state index is 0.833. The Kier molecular flexibility index (Phi) is 2.94. The average molecular weight is 299 g/mol. The molecule has 0 saturated heterocycles. The van der Waals surface area contributed by atoms with Crippen molar-refractivity contribution in [3.05, 3.63) is 28.9 Å². The molecular weight excluding hydrogens is 282 g/mol. The van der Waals surface area contributed by atoms with Gasteiger partial charge < -0.3 is 10.6 Å². The monoisotopic (exact) mass is 299 g/mol. The predicted molar refractivity (Wildman–Crippen MR) is 88.1 cm³/mol. The van der Waals surface area contributed by atoms with Gasteiger partial charge in [-0.3, -0.25) is 4.40 Å². The highest BCUT2D eigenvalue weighted by atomic mass is 32.1. The Morgan fingerprint density at radius 3 is 3.10 bits per heavy atom. The predicted octanol–water partition coefficient (Wildman–Crippen LogP) is 2.67. The van der Waals surface area contributed by atoms with Crippen molar-refractivity contribution in [2.45, 2.75) is 13.3 Å². The summed E-state index contributed by atoms with van der Waals surface area (Å²) in [4.78, 5) is 11.7. The van der Waals surface area contributed by atoms with Crippen molar-refractivity contribution in [3.8, 4) is 0 Å². The minimum Gasteiger partial charge on any atom is -0.370 e. The van der Waals surface area contributed by atoms with E-state index in [1.165, 1.54) is 15.3 Å². The van der Waals surface area contributed by atoms with Crippen LogP contribution >= 0.6 is 11.3 Å². The van der Waals surface area contributed by atoms with Crippen LogP contribution in [0.2, 0.25) is 0 Å². The molecule has 0 radical (unpaired) electrons. The molecule has 21 heavy (non-hydrogen) atoms. The molecule has 0 bridgehead atoms. The Balaban J connectivity index is 2.00. The molecule has 108 valence electrons. The lowest BCUT2D eigenvalue weighted by atomic mass is 10.1. The molecule has 0 fully saturated rings. The van der Waals surface area contributed by atoms with Crippen molar-refractivity contribution in [1.29, 1.82) is 0 Å². The molecule has 1 aliphatic rings. The van der Waals surface area contributed by atoms with E-state index in [4.69, 9.17) is 4.98 Å². The first-order valence-corrected chi connectivity index (χ1v) is 7.95. The van der Waals surface area contributed by atoms with E-state index in [-0.39, 0.29) is 0 Å². The Bertz CT molecular complexity index is 858. The first-order valence-electron chi connectivity index (χ1n) is 7.13. The zero-order valence-corrected chi connectivity index (χ0v) is 12.9. The fraction of sp³-hybridized carbons (Fsp3) is 0.333. The lowest BCUT2D eigenvalue weighted by molar-refractivity contribution is 0.739. The number of rotatable bonds is 2. The largest absolute Gasteiger partial charge is 0.370 e. The van der Waals surface area contributed by atoms with Gasteiger partial charge in [-0.05, 0) is 31.5 Å². The van der Waals surface area contributed by atoms with E-state index in [9.17, 15) is 0 Å². The Morgan fingerprint density at radius 2 is 2.33 bits per heavy atom. The normalized spacial score (nSPS) is 15.6. The van der Waals surface area contributed by atoms with Crippen molar-refractivity contribution >= 4 is 38.7 Å². The average Bonchev–Trinajstić information content (AvgIpc) is 3.11. The van der Waals surface area contributed by atoms with Gasteiger partial charge >= 0.3 is 0 Å². The standard InChI is InChI=1S/C15H17N5S/c1-9-8-18-14-13(16-2)19-11-7-12(21-15(11)20(9)14)10-3-5-17-6-4-10/h3,7-8,17H,4-6H2,1-2H3,(H,16,19). The van der Waals surface area contributed by atoms with Crippen molar-refractivity contribution in [2.75, 3.05) is 25.5 Å². The molecule has 0 spiro atoms. The molecule has 0 atom stereocenters. The van der Waals surface area contributed by atoms with Gasteiger partial charge in [0.2, 0.25) is 0 Å². The first-order chi connectivity index (χ1) is 10.3. The van der Waals surface area contributed by atoms with Gasteiger partial charge in [0, 0.05) is 30.4 Å². The zero-order chi connectivity index (χ0) is 14.4. The number of fused-ring (bicyclic) bond motifs is 3. The van der Waals surface area contributed by atoms with Gasteiger partial charge in [0.25, 0.3) is 0 Å². The molecule has 4 rings (SSSR count). The zero-order valence-electron chi connectivity index (χ0n) is 12.1. The van der Waals surface area contributed by atoms with Crippen LogP contribution in [0.3, 0.4) is 0 Å². The molecule has 4 heterocycles. The second-order valence-corrected chi connectivity index (χ2v) is 6.28. The summed E-state index contributed by atoms with van der Waals surface area (Å²) in [6, 6.07) is 2.21. The fourth-order valence-corrected chi connectivity index (χ4v) is 4.04. The third-order valence-electron chi connectivity index (χ3n) is 3.90. The van der Waals surface area contributed by atoms with Crippen LogP contribution in [0.1, 0.15) is 17.0 Å². The number of hydrogen-bond donors (Lipinski definition) is 2. The van der Waals surface area contributed by atoms with E-state index in [2.05, 4.69) is 39.1 Å². The number of anilines is 1. The number of imidazole rings is 1. The molecule has 0 saturated carbocycles. The van der Waals surface area contributed by atoms with Gasteiger partial charge in [-0.2, -0.15) is 0 Å². The quantitative estimate of drug-likeness (QED) is 0.764. The van der Waals surface area contributed by atoms with Crippen LogP contribution in [-0.4, -0.2) is 34.5 Å². The van der Waals surface area contributed by atoms with Gasteiger partial charge in [-0.25, -0.2) is 9.97 Å². The molecule has 3 aromatic heterocycles. The summed E-state index contributed by atoms with van der Waals surface area (Å²) in [5.41, 5.74) is 4.50. The second-order valence-electron chi connectivity index (χ2n) is 5.25. The molecule has 1 aliphatic heterocycles. The number of nitrogens with zero attached hydrogens (tertiary/aromatic N) is 3. The summed E-state index contributed by atoms with van der Waals surface area (Å²) in [6.07, 6.45) is 5.27. The van der Waals surface area contributed by atoms with Crippen LogP contribution in [0.15, 0.2) is 18.3 Å². The van der Waals surface area contributed by atoms with Gasteiger partial charge in [0.05, 0.1) is 0 Å². The second kappa shape index (κ2) is 4.82. The Labute approximate surface area is 126 Å². The van der Waals surface area contributed by atoms with Gasteiger partial charge in [0.15, 0.2) is 11.5 Å². The summed E-state index contributed by atoms with van der Waals surface area (Å²) >= 11 is 1.81. The smallest absolute Gasteiger partial charge is 0.181 e. The molecule has 0 amide bonds. The van der Waals surface area contributed by atoms with Gasteiger partial charge in [-0.15, -0.1) is 11.3 Å². The van der Waals surface area contributed by atoms with Crippen LogP contribution in [0.25, 0.3) is 21.6 Å². The maximum Gasteiger partial charge on any atom is 0.181 e. The Morgan fingerprint density at radius 1 is 1.43 bits per heavy atom. The number of aryl methyl sites for hydroxylation is 1. The molecule has 0 unspecified atom stereocenters. The first kappa shape index (κ1) is 12.8. The third-order valence-corrected chi connectivity index (χ3v) is 5.08. The van der Waals surface area contributed by atoms with E-state index in [1.54, 1.807) is 0 Å². The molecule has 0 aliphatic carbocycles. The van der Waals surface area contributed by atoms with Crippen LogP contribution < -0.4 is 10.6 Å². The van der Waals surface area contributed by atoms with E-state index in [1.807, 2.05) is 24.6 Å². The van der Waals surface area contributed by atoms with E-state index in [0.717, 1.165) is 42.2 Å². The number of aromatic nitrogens is 3. The van der Waals surface area contributed by atoms with E-state index >= 15 is 0 Å². The molecule has 2 N–H and O–H groups in total. The van der Waals surface area contributed by atoms with Crippen LogP contribution in [-0.2, 0) is 0 Å². The third kappa shape index (κ3) is 1.94. The maximum atomic E-state index is 4.72. The van der Waals surface area contributed by atoms with Crippen LogP contribution in [0.5, 0.6) is 0 Å². The van der Waals surface area contributed by atoms with E-state index in [0.29, 0.717) is 0 Å². The highest BCUT2D eigenvalue weighted by Crippen LogP contribution is 2.34. The SMILES string of the molecule is CNc1nc2cc(C3=CCNCC3)sc2n2c(C)cnc12. The molecule has 3 aromatic rings. The summed E-state index contributed by atoms with van der Waals surface area (Å²) < 4.78 is 2.20. The van der Waals surface area contributed by atoms with Crippen molar-refractivity contribution < 1.29 is 0 Å².